The maximum atomic E-state index is 12.2. The highest BCUT2D eigenvalue weighted by atomic mass is 32.1. The standard InChI is InChI=1S/C17H21N3O2S/c1-13-6-10-23-15(13)16(21)19-11-17(22)7-4-9-20(12-17)14-5-2-3-8-18-14/h2-3,5-6,8,10,22H,4,7,9,11-12H2,1H3,(H,19,21)/t17-/m1/s1. The minimum Gasteiger partial charge on any atom is -0.386 e. The number of aromatic nitrogens is 1. The topological polar surface area (TPSA) is 65.5 Å². The lowest BCUT2D eigenvalue weighted by Gasteiger charge is -2.39. The van der Waals surface area contributed by atoms with E-state index < -0.39 is 5.60 Å². The molecule has 6 heteroatoms. The molecule has 1 fully saturated rings. The van der Waals surface area contributed by atoms with Gasteiger partial charge >= 0.3 is 0 Å². The number of hydrogen-bond donors (Lipinski definition) is 2. The zero-order chi connectivity index (χ0) is 16.3. The van der Waals surface area contributed by atoms with Crippen LogP contribution in [0, 0.1) is 6.92 Å². The fourth-order valence-corrected chi connectivity index (χ4v) is 3.76. The highest BCUT2D eigenvalue weighted by molar-refractivity contribution is 7.12. The molecule has 1 aliphatic rings. The molecule has 5 nitrogen and oxygen atoms in total. The Morgan fingerprint density at radius 1 is 1.48 bits per heavy atom. The van der Waals surface area contributed by atoms with E-state index in [4.69, 9.17) is 0 Å². The number of carbonyl (C=O) groups is 1. The number of nitrogens with one attached hydrogen (secondary N) is 1. The predicted octanol–water partition coefficient (Wildman–Crippen LogP) is 2.21. The molecule has 122 valence electrons. The van der Waals surface area contributed by atoms with Gasteiger partial charge in [-0.15, -0.1) is 11.3 Å². The molecule has 0 saturated carbocycles. The summed E-state index contributed by atoms with van der Waals surface area (Å²) < 4.78 is 0. The summed E-state index contributed by atoms with van der Waals surface area (Å²) in [5.41, 5.74) is 0.0506. The molecule has 2 aromatic heterocycles. The normalized spacial score (nSPS) is 21.2. The average molecular weight is 331 g/mol. The van der Waals surface area contributed by atoms with Crippen molar-refractivity contribution in [2.75, 3.05) is 24.5 Å². The molecule has 1 saturated heterocycles. The third-order valence-electron chi connectivity index (χ3n) is 4.17. The van der Waals surface area contributed by atoms with Gasteiger partial charge in [0.2, 0.25) is 0 Å². The monoisotopic (exact) mass is 331 g/mol. The fraction of sp³-hybridized carbons (Fsp3) is 0.412. The summed E-state index contributed by atoms with van der Waals surface area (Å²) in [7, 11) is 0. The first-order valence-corrected chi connectivity index (χ1v) is 8.66. The highest BCUT2D eigenvalue weighted by Crippen LogP contribution is 2.24. The maximum absolute atomic E-state index is 12.2. The van der Waals surface area contributed by atoms with Gasteiger partial charge in [0, 0.05) is 25.8 Å². The van der Waals surface area contributed by atoms with Crippen molar-refractivity contribution in [1.82, 2.24) is 10.3 Å². The van der Waals surface area contributed by atoms with Crippen LogP contribution in [-0.4, -0.2) is 41.2 Å². The van der Waals surface area contributed by atoms with E-state index in [1.54, 1.807) is 6.20 Å². The Balaban J connectivity index is 1.62. The lowest BCUT2D eigenvalue weighted by molar-refractivity contribution is 0.0255. The number of aryl methyl sites for hydroxylation is 1. The minimum absolute atomic E-state index is 0.110. The number of thiophene rings is 1. The Kier molecular flexibility index (Phi) is 4.63. The number of anilines is 1. The van der Waals surface area contributed by atoms with Crippen molar-refractivity contribution in [2.24, 2.45) is 0 Å². The molecule has 0 bridgehead atoms. The number of piperidine rings is 1. The zero-order valence-electron chi connectivity index (χ0n) is 13.2. The van der Waals surface area contributed by atoms with Gasteiger partial charge in [-0.25, -0.2) is 4.98 Å². The lowest BCUT2D eigenvalue weighted by atomic mass is 9.92. The number of β-amino-alcohol motifs (C(OH)–C–C–N with tert-alkyl or cyclic N) is 1. The summed E-state index contributed by atoms with van der Waals surface area (Å²) in [6, 6.07) is 7.69. The molecule has 0 aromatic carbocycles. The Bertz CT molecular complexity index is 673. The number of nitrogens with zero attached hydrogens (tertiary/aromatic N) is 2. The molecule has 3 heterocycles. The first-order chi connectivity index (χ1) is 11.1. The van der Waals surface area contributed by atoms with Crippen LogP contribution in [0.5, 0.6) is 0 Å². The van der Waals surface area contributed by atoms with Crippen molar-refractivity contribution in [1.29, 1.82) is 0 Å². The molecule has 1 aliphatic heterocycles. The summed E-state index contributed by atoms with van der Waals surface area (Å²) in [6.07, 6.45) is 3.31. The number of hydrogen-bond acceptors (Lipinski definition) is 5. The second-order valence-corrected chi connectivity index (χ2v) is 6.97. The number of carbonyl (C=O) groups excluding carboxylic acids is 1. The van der Waals surface area contributed by atoms with E-state index in [1.165, 1.54) is 11.3 Å². The molecule has 0 radical (unpaired) electrons. The number of amides is 1. The molecule has 2 aromatic rings. The van der Waals surface area contributed by atoms with Gasteiger partial charge in [0.15, 0.2) is 0 Å². The first kappa shape index (κ1) is 16.0. The van der Waals surface area contributed by atoms with Gasteiger partial charge in [-0.3, -0.25) is 4.79 Å². The largest absolute Gasteiger partial charge is 0.386 e. The van der Waals surface area contributed by atoms with E-state index in [0.29, 0.717) is 17.8 Å². The molecular formula is C17H21N3O2S. The van der Waals surface area contributed by atoms with Crippen LogP contribution in [0.25, 0.3) is 0 Å². The van der Waals surface area contributed by atoms with Crippen LogP contribution in [0.15, 0.2) is 35.8 Å². The number of rotatable bonds is 4. The predicted molar refractivity (Wildman–Crippen MR) is 92.0 cm³/mol. The van der Waals surface area contributed by atoms with Gasteiger partial charge in [0.05, 0.1) is 10.5 Å². The van der Waals surface area contributed by atoms with E-state index in [2.05, 4.69) is 15.2 Å². The molecular weight excluding hydrogens is 310 g/mol. The minimum atomic E-state index is -0.920. The quantitative estimate of drug-likeness (QED) is 0.901. The first-order valence-electron chi connectivity index (χ1n) is 7.78. The van der Waals surface area contributed by atoms with E-state index >= 15 is 0 Å². The zero-order valence-corrected chi connectivity index (χ0v) is 14.0. The molecule has 3 rings (SSSR count). The molecule has 0 aliphatic carbocycles. The van der Waals surface area contributed by atoms with Crippen molar-refractivity contribution in [2.45, 2.75) is 25.4 Å². The average Bonchev–Trinajstić information content (AvgIpc) is 3.00. The second-order valence-electron chi connectivity index (χ2n) is 6.05. The summed E-state index contributed by atoms with van der Waals surface area (Å²) >= 11 is 1.43. The highest BCUT2D eigenvalue weighted by Gasteiger charge is 2.34. The second kappa shape index (κ2) is 6.68. The van der Waals surface area contributed by atoms with Crippen LogP contribution < -0.4 is 10.2 Å². The molecule has 23 heavy (non-hydrogen) atoms. The van der Waals surface area contributed by atoms with Crippen LogP contribution in [0.3, 0.4) is 0 Å². The van der Waals surface area contributed by atoms with Gasteiger partial charge in [-0.2, -0.15) is 0 Å². The molecule has 0 spiro atoms. The Labute approximate surface area is 140 Å². The van der Waals surface area contributed by atoms with Crippen LogP contribution in [0.2, 0.25) is 0 Å². The van der Waals surface area contributed by atoms with Gasteiger partial charge in [-0.1, -0.05) is 6.07 Å². The van der Waals surface area contributed by atoms with Crippen molar-refractivity contribution >= 4 is 23.1 Å². The summed E-state index contributed by atoms with van der Waals surface area (Å²) in [5, 5.41) is 15.6. The molecule has 1 amide bonds. The summed E-state index contributed by atoms with van der Waals surface area (Å²) in [6.45, 7) is 3.53. The van der Waals surface area contributed by atoms with Gasteiger partial charge in [0.25, 0.3) is 5.91 Å². The van der Waals surface area contributed by atoms with Crippen LogP contribution in [0.1, 0.15) is 28.1 Å². The van der Waals surface area contributed by atoms with Crippen LogP contribution in [-0.2, 0) is 0 Å². The third kappa shape index (κ3) is 3.71. The third-order valence-corrected chi connectivity index (χ3v) is 5.19. The van der Waals surface area contributed by atoms with Crippen molar-refractivity contribution in [3.05, 3.63) is 46.3 Å². The maximum Gasteiger partial charge on any atom is 0.261 e. The number of pyridine rings is 1. The molecule has 1 atom stereocenters. The fourth-order valence-electron chi connectivity index (χ4n) is 2.92. The van der Waals surface area contributed by atoms with Crippen LogP contribution >= 0.6 is 11.3 Å². The Hall–Kier alpha value is -1.92. The smallest absolute Gasteiger partial charge is 0.261 e. The van der Waals surface area contributed by atoms with E-state index in [9.17, 15) is 9.90 Å². The SMILES string of the molecule is Cc1ccsc1C(=O)NC[C@]1(O)CCCN(c2ccccn2)C1. The summed E-state index contributed by atoms with van der Waals surface area (Å²) in [5.74, 6) is 0.756. The van der Waals surface area contributed by atoms with Crippen molar-refractivity contribution in [3.8, 4) is 0 Å². The lowest BCUT2D eigenvalue weighted by Crippen LogP contribution is -2.54. The van der Waals surface area contributed by atoms with E-state index in [0.717, 1.165) is 24.3 Å². The van der Waals surface area contributed by atoms with Gasteiger partial charge < -0.3 is 15.3 Å². The summed E-state index contributed by atoms with van der Waals surface area (Å²) in [4.78, 5) is 19.4. The Morgan fingerprint density at radius 2 is 2.35 bits per heavy atom. The number of aliphatic hydroxyl groups is 1. The van der Waals surface area contributed by atoms with Crippen molar-refractivity contribution < 1.29 is 9.90 Å². The van der Waals surface area contributed by atoms with E-state index in [1.807, 2.05) is 36.6 Å². The Morgan fingerprint density at radius 3 is 3.04 bits per heavy atom. The van der Waals surface area contributed by atoms with E-state index in [-0.39, 0.29) is 12.5 Å². The molecule has 2 N–H and O–H groups in total. The van der Waals surface area contributed by atoms with Crippen molar-refractivity contribution in [3.63, 3.8) is 0 Å². The van der Waals surface area contributed by atoms with Gasteiger partial charge in [-0.05, 0) is 48.9 Å². The molecule has 0 unspecified atom stereocenters. The van der Waals surface area contributed by atoms with Crippen LogP contribution in [0.4, 0.5) is 5.82 Å². The van der Waals surface area contributed by atoms with Gasteiger partial charge in [0.1, 0.15) is 5.82 Å².